The fraction of sp³-hybridized carbons (Fsp3) is 0.167. The molecule has 0 bridgehead atoms. The fourth-order valence-electron chi connectivity index (χ4n) is 1.15. The lowest BCUT2D eigenvalue weighted by atomic mass is 10.2. The summed E-state index contributed by atoms with van der Waals surface area (Å²) in [6.45, 7) is 0.253. The third-order valence-electron chi connectivity index (χ3n) is 1.87. The van der Waals surface area contributed by atoms with Gasteiger partial charge in [0.2, 0.25) is 5.91 Å². The molecular weight excluding hydrogens is 204 g/mol. The molecule has 1 aromatic carbocycles. The summed E-state index contributed by atoms with van der Waals surface area (Å²) in [5, 5.41) is 2.43. The van der Waals surface area contributed by atoms with E-state index in [4.69, 9.17) is 5.73 Å². The Labute approximate surface area is 94.1 Å². The van der Waals surface area contributed by atoms with Gasteiger partial charge in [-0.2, -0.15) is 0 Å². The molecule has 0 heterocycles. The average molecular weight is 217 g/mol. The lowest BCUT2D eigenvalue weighted by Crippen LogP contribution is -2.25. The minimum absolute atomic E-state index is 0.115. The zero-order valence-electron chi connectivity index (χ0n) is 8.77. The van der Waals surface area contributed by atoms with Crippen LogP contribution in [0.5, 0.6) is 0 Å². The maximum absolute atomic E-state index is 11.2. The molecule has 1 radical (unpaired) electrons. The minimum atomic E-state index is -0.284. The van der Waals surface area contributed by atoms with Crippen LogP contribution < -0.4 is 11.1 Å². The second-order valence-electron chi connectivity index (χ2n) is 3.16. The number of rotatable bonds is 5. The molecule has 1 aromatic rings. The van der Waals surface area contributed by atoms with E-state index in [2.05, 4.69) is 5.32 Å². The van der Waals surface area contributed by atoms with Gasteiger partial charge < -0.3 is 11.1 Å². The summed E-state index contributed by atoms with van der Waals surface area (Å²) in [4.78, 5) is 21.8. The minimum Gasteiger partial charge on any atom is -0.330 e. The van der Waals surface area contributed by atoms with Gasteiger partial charge in [0.25, 0.3) is 6.29 Å². The van der Waals surface area contributed by atoms with Crippen LogP contribution in [0.25, 0.3) is 6.08 Å². The molecule has 0 spiro atoms. The van der Waals surface area contributed by atoms with E-state index in [9.17, 15) is 9.59 Å². The number of hydrogen-bond acceptors (Lipinski definition) is 3. The Hall–Kier alpha value is -1.94. The number of benzene rings is 1. The molecule has 0 saturated heterocycles. The molecular formula is C12H13N2O2. The molecule has 0 aliphatic heterocycles. The molecule has 0 aliphatic carbocycles. The second kappa shape index (κ2) is 6.53. The lowest BCUT2D eigenvalue weighted by Gasteiger charge is -2.02. The molecule has 1 rings (SSSR count). The van der Waals surface area contributed by atoms with Crippen molar-refractivity contribution < 1.29 is 9.59 Å². The first-order chi connectivity index (χ1) is 7.76. The lowest BCUT2D eigenvalue weighted by molar-refractivity contribution is -0.120. The number of allylic oxidation sites excluding steroid dienone is 1. The molecule has 0 fully saturated rings. The van der Waals surface area contributed by atoms with Crippen molar-refractivity contribution in [3.63, 3.8) is 0 Å². The number of carbonyl (C=O) groups is 1. The first-order valence-corrected chi connectivity index (χ1v) is 4.91. The topological polar surface area (TPSA) is 72.2 Å². The number of hydrogen-bond donors (Lipinski definition) is 2. The molecule has 4 nitrogen and oxygen atoms in total. The van der Waals surface area contributed by atoms with Gasteiger partial charge >= 0.3 is 0 Å². The summed E-state index contributed by atoms with van der Waals surface area (Å²) >= 11 is 0. The highest BCUT2D eigenvalue weighted by Crippen LogP contribution is 2.03. The van der Waals surface area contributed by atoms with Crippen LogP contribution in [-0.4, -0.2) is 18.7 Å². The summed E-state index contributed by atoms with van der Waals surface area (Å²) in [7, 11) is 0. The van der Waals surface area contributed by atoms with Gasteiger partial charge in [0.15, 0.2) is 0 Å². The summed E-state index contributed by atoms with van der Waals surface area (Å²) in [5.74, 6) is -0.284. The van der Waals surface area contributed by atoms with Crippen LogP contribution in [0, 0.1) is 0 Å². The van der Waals surface area contributed by atoms with Gasteiger partial charge in [0.05, 0.1) is 5.70 Å². The van der Waals surface area contributed by atoms with Crippen LogP contribution in [0.15, 0.2) is 36.0 Å². The van der Waals surface area contributed by atoms with E-state index >= 15 is 0 Å². The van der Waals surface area contributed by atoms with E-state index in [0.29, 0.717) is 0 Å². The summed E-state index contributed by atoms with van der Waals surface area (Å²) in [6, 6.07) is 9.21. The van der Waals surface area contributed by atoms with Crippen molar-refractivity contribution in [3.05, 3.63) is 41.6 Å². The van der Waals surface area contributed by atoms with Crippen LogP contribution in [0.1, 0.15) is 12.0 Å². The normalized spacial score (nSPS) is 10.9. The molecule has 83 valence electrons. The van der Waals surface area contributed by atoms with Crippen molar-refractivity contribution >= 4 is 18.3 Å². The summed E-state index contributed by atoms with van der Waals surface area (Å²) < 4.78 is 0. The molecule has 0 unspecified atom stereocenters. The number of nitrogens with two attached hydrogens (primary N) is 1. The maximum atomic E-state index is 11.2. The zero-order chi connectivity index (χ0) is 11.8. The van der Waals surface area contributed by atoms with Crippen molar-refractivity contribution in [3.8, 4) is 0 Å². The highest BCUT2D eigenvalue weighted by Gasteiger charge is 2.03. The van der Waals surface area contributed by atoms with Gasteiger partial charge in [-0.3, -0.25) is 9.59 Å². The predicted octanol–water partition coefficient (Wildman–Crippen LogP) is 0.602. The van der Waals surface area contributed by atoms with E-state index in [1.54, 1.807) is 12.4 Å². The van der Waals surface area contributed by atoms with Crippen molar-refractivity contribution in [2.75, 3.05) is 6.54 Å². The summed E-state index contributed by atoms with van der Waals surface area (Å²) in [5.41, 5.74) is 6.16. The van der Waals surface area contributed by atoms with E-state index in [-0.39, 0.29) is 24.6 Å². The van der Waals surface area contributed by atoms with Gasteiger partial charge in [-0.25, -0.2) is 0 Å². The molecule has 16 heavy (non-hydrogen) atoms. The smallest absolute Gasteiger partial charge is 0.251 e. The van der Waals surface area contributed by atoms with Crippen molar-refractivity contribution in [1.29, 1.82) is 0 Å². The Morgan fingerprint density at radius 2 is 2.06 bits per heavy atom. The highest BCUT2D eigenvalue weighted by molar-refractivity contribution is 5.90. The van der Waals surface area contributed by atoms with Crippen molar-refractivity contribution in [1.82, 2.24) is 5.32 Å². The molecule has 0 aromatic heterocycles. The molecule has 4 heteroatoms. The van der Waals surface area contributed by atoms with Crippen LogP contribution in [0.2, 0.25) is 0 Å². The molecule has 0 saturated carbocycles. The Kier molecular flexibility index (Phi) is 4.95. The molecule has 3 N–H and O–H groups in total. The highest BCUT2D eigenvalue weighted by atomic mass is 16.2. The van der Waals surface area contributed by atoms with Crippen LogP contribution in [0.3, 0.4) is 0 Å². The number of nitrogens with one attached hydrogen (secondary N) is 1. The van der Waals surface area contributed by atoms with Gasteiger partial charge in [-0.15, -0.1) is 0 Å². The average Bonchev–Trinajstić information content (AvgIpc) is 2.30. The van der Waals surface area contributed by atoms with Crippen LogP contribution in [-0.2, 0) is 9.59 Å². The maximum Gasteiger partial charge on any atom is 0.251 e. The quantitative estimate of drug-likeness (QED) is 0.709. The molecule has 0 atom stereocenters. The molecule has 0 aliphatic rings. The van der Waals surface area contributed by atoms with Crippen molar-refractivity contribution in [2.24, 2.45) is 5.73 Å². The monoisotopic (exact) mass is 217 g/mol. The van der Waals surface area contributed by atoms with Crippen LogP contribution in [0.4, 0.5) is 0 Å². The van der Waals surface area contributed by atoms with Gasteiger partial charge in [0, 0.05) is 13.0 Å². The SMILES string of the molecule is NCCC(=O)NC([C]=O)=Cc1ccccc1. The first-order valence-electron chi connectivity index (χ1n) is 4.91. The molecule has 1 amide bonds. The third-order valence-corrected chi connectivity index (χ3v) is 1.87. The van der Waals surface area contributed by atoms with E-state index in [1.807, 2.05) is 30.3 Å². The van der Waals surface area contributed by atoms with Crippen molar-refractivity contribution in [2.45, 2.75) is 6.42 Å². The second-order valence-corrected chi connectivity index (χ2v) is 3.16. The number of amides is 1. The standard InChI is InChI=1S/C12H13N2O2/c13-7-6-12(16)14-11(9-15)8-10-4-2-1-3-5-10/h1-5,8H,6-7,13H2,(H,14,16). The van der Waals surface area contributed by atoms with Gasteiger partial charge in [-0.05, 0) is 11.6 Å². The Morgan fingerprint density at radius 3 is 2.62 bits per heavy atom. The number of carbonyl (C=O) groups excluding carboxylic acids is 2. The first kappa shape index (κ1) is 12.1. The Balaban J connectivity index is 2.71. The van der Waals surface area contributed by atoms with E-state index in [1.165, 1.54) is 0 Å². The van der Waals surface area contributed by atoms with Crippen LogP contribution >= 0.6 is 0 Å². The summed E-state index contributed by atoms with van der Waals surface area (Å²) in [6.07, 6.45) is 3.42. The van der Waals surface area contributed by atoms with E-state index in [0.717, 1.165) is 5.56 Å². The zero-order valence-corrected chi connectivity index (χ0v) is 8.77. The Morgan fingerprint density at radius 1 is 1.38 bits per heavy atom. The Bertz CT molecular complexity index is 385. The third kappa shape index (κ3) is 4.06. The van der Waals surface area contributed by atoms with Gasteiger partial charge in [0.1, 0.15) is 0 Å². The van der Waals surface area contributed by atoms with E-state index < -0.39 is 0 Å². The fourth-order valence-corrected chi connectivity index (χ4v) is 1.15. The largest absolute Gasteiger partial charge is 0.330 e. The van der Waals surface area contributed by atoms with Gasteiger partial charge in [-0.1, -0.05) is 30.3 Å². The predicted molar refractivity (Wildman–Crippen MR) is 61.9 cm³/mol.